The maximum absolute atomic E-state index is 12.7. The van der Waals surface area contributed by atoms with Crippen LogP contribution in [-0.4, -0.2) is 86.0 Å². The van der Waals surface area contributed by atoms with Crippen LogP contribution in [0.25, 0.3) is 0 Å². The number of carbonyl (C=O) groups is 2. The van der Waals surface area contributed by atoms with Crippen LogP contribution in [0.4, 0.5) is 5.69 Å². The van der Waals surface area contributed by atoms with Crippen molar-refractivity contribution in [1.29, 1.82) is 0 Å². The van der Waals surface area contributed by atoms with Crippen molar-refractivity contribution in [2.24, 2.45) is 0 Å². The molecule has 2 saturated heterocycles. The summed E-state index contributed by atoms with van der Waals surface area (Å²) in [6.07, 6.45) is 0.793. The molecule has 4 rings (SSSR count). The number of hydrogen-bond acceptors (Lipinski definition) is 6. The van der Waals surface area contributed by atoms with Gasteiger partial charge in [-0.05, 0) is 37.2 Å². The standard InChI is InChI=1S/C25H31ClN4O3/c1-33-23-9-3-2-6-20(23)17-28-18-24(31)30(25(32)19-28)11-5-10-27-12-14-29(15-13-27)22-8-4-7-21(26)16-22/h2-4,6-9,16H,5,10-15,17-19H2,1H3. The molecule has 176 valence electrons. The Kier molecular flexibility index (Phi) is 7.85. The van der Waals surface area contributed by atoms with Crippen LogP contribution >= 0.6 is 11.6 Å². The third-order valence-electron chi connectivity index (χ3n) is 6.31. The molecule has 0 atom stereocenters. The summed E-state index contributed by atoms with van der Waals surface area (Å²) in [6, 6.07) is 15.7. The number of benzene rings is 2. The molecule has 2 aromatic rings. The lowest BCUT2D eigenvalue weighted by atomic mass is 10.1. The summed E-state index contributed by atoms with van der Waals surface area (Å²) in [5.74, 6) is 0.536. The molecule has 0 saturated carbocycles. The molecule has 0 N–H and O–H groups in total. The molecule has 0 unspecified atom stereocenters. The van der Waals surface area contributed by atoms with Gasteiger partial charge in [-0.3, -0.25) is 24.3 Å². The Morgan fingerprint density at radius 3 is 2.30 bits per heavy atom. The number of piperazine rings is 2. The molecule has 33 heavy (non-hydrogen) atoms. The van der Waals surface area contributed by atoms with Crippen LogP contribution < -0.4 is 9.64 Å². The minimum atomic E-state index is -0.119. The summed E-state index contributed by atoms with van der Waals surface area (Å²) in [7, 11) is 1.63. The minimum Gasteiger partial charge on any atom is -0.496 e. The number of ether oxygens (including phenoxy) is 1. The first-order valence-electron chi connectivity index (χ1n) is 11.4. The maximum Gasteiger partial charge on any atom is 0.243 e. The van der Waals surface area contributed by atoms with Crippen molar-refractivity contribution < 1.29 is 14.3 Å². The molecule has 0 spiro atoms. The van der Waals surface area contributed by atoms with Gasteiger partial charge in [0.05, 0.1) is 20.2 Å². The van der Waals surface area contributed by atoms with Crippen LogP contribution in [0.5, 0.6) is 5.75 Å². The lowest BCUT2D eigenvalue weighted by Gasteiger charge is -2.37. The third-order valence-corrected chi connectivity index (χ3v) is 6.54. The Morgan fingerprint density at radius 1 is 0.879 bits per heavy atom. The fraction of sp³-hybridized carbons (Fsp3) is 0.440. The number of imide groups is 1. The zero-order valence-electron chi connectivity index (χ0n) is 19.1. The van der Waals surface area contributed by atoms with E-state index >= 15 is 0 Å². The molecule has 0 aliphatic carbocycles. The van der Waals surface area contributed by atoms with Gasteiger partial charge in [0.25, 0.3) is 0 Å². The number of methoxy groups -OCH3 is 1. The first-order chi connectivity index (χ1) is 16.0. The van der Waals surface area contributed by atoms with E-state index in [1.54, 1.807) is 7.11 Å². The average molecular weight is 471 g/mol. The predicted octanol–water partition coefficient (Wildman–Crippen LogP) is 2.73. The summed E-state index contributed by atoms with van der Waals surface area (Å²) in [5.41, 5.74) is 2.13. The van der Waals surface area contributed by atoms with Gasteiger partial charge in [-0.1, -0.05) is 35.9 Å². The topological polar surface area (TPSA) is 56.3 Å². The summed E-state index contributed by atoms with van der Waals surface area (Å²) < 4.78 is 5.39. The molecule has 2 aromatic carbocycles. The van der Waals surface area contributed by atoms with E-state index in [0.29, 0.717) is 13.1 Å². The van der Waals surface area contributed by atoms with E-state index in [4.69, 9.17) is 16.3 Å². The van der Waals surface area contributed by atoms with Gasteiger partial charge < -0.3 is 9.64 Å². The van der Waals surface area contributed by atoms with Gasteiger partial charge in [0.1, 0.15) is 5.75 Å². The van der Waals surface area contributed by atoms with Crippen molar-refractivity contribution >= 4 is 29.1 Å². The van der Waals surface area contributed by atoms with Gasteiger partial charge in [-0.25, -0.2) is 0 Å². The highest BCUT2D eigenvalue weighted by Gasteiger charge is 2.31. The number of anilines is 1. The van der Waals surface area contributed by atoms with Gasteiger partial charge in [-0.2, -0.15) is 0 Å². The van der Waals surface area contributed by atoms with E-state index in [9.17, 15) is 9.59 Å². The first kappa shape index (κ1) is 23.5. The molecular formula is C25H31ClN4O3. The minimum absolute atomic E-state index is 0.119. The predicted molar refractivity (Wildman–Crippen MR) is 130 cm³/mol. The zero-order chi connectivity index (χ0) is 23.2. The summed E-state index contributed by atoms with van der Waals surface area (Å²) in [6.45, 7) is 6.19. The number of carbonyl (C=O) groups excluding carboxylic acids is 2. The second kappa shape index (κ2) is 11.0. The van der Waals surface area contributed by atoms with Crippen molar-refractivity contribution in [3.8, 4) is 5.75 Å². The van der Waals surface area contributed by atoms with Crippen LogP contribution in [0.1, 0.15) is 12.0 Å². The number of halogens is 1. The number of para-hydroxylation sites is 1. The van der Waals surface area contributed by atoms with Crippen LogP contribution in [0, 0.1) is 0 Å². The molecule has 2 aliphatic heterocycles. The molecule has 2 heterocycles. The Bertz CT molecular complexity index is 960. The maximum atomic E-state index is 12.7. The molecule has 2 aliphatic rings. The second-order valence-electron chi connectivity index (χ2n) is 8.56. The molecule has 0 bridgehead atoms. The summed E-state index contributed by atoms with van der Waals surface area (Å²) >= 11 is 6.12. The van der Waals surface area contributed by atoms with Crippen LogP contribution in [-0.2, 0) is 16.1 Å². The Balaban J connectivity index is 1.21. The quantitative estimate of drug-likeness (QED) is 0.553. The fourth-order valence-corrected chi connectivity index (χ4v) is 4.72. The third kappa shape index (κ3) is 6.05. The monoisotopic (exact) mass is 470 g/mol. The van der Waals surface area contributed by atoms with Gasteiger partial charge in [0, 0.05) is 55.5 Å². The van der Waals surface area contributed by atoms with E-state index in [0.717, 1.165) is 61.2 Å². The zero-order valence-corrected chi connectivity index (χ0v) is 19.8. The molecule has 0 radical (unpaired) electrons. The number of nitrogens with zero attached hydrogens (tertiary/aromatic N) is 4. The van der Waals surface area contributed by atoms with E-state index in [1.807, 2.05) is 47.4 Å². The van der Waals surface area contributed by atoms with Gasteiger partial charge in [0.2, 0.25) is 11.8 Å². The Morgan fingerprint density at radius 2 is 1.61 bits per heavy atom. The van der Waals surface area contributed by atoms with Crippen LogP contribution in [0.15, 0.2) is 48.5 Å². The van der Waals surface area contributed by atoms with Crippen LogP contribution in [0.2, 0.25) is 5.02 Å². The molecule has 7 nitrogen and oxygen atoms in total. The van der Waals surface area contributed by atoms with Gasteiger partial charge in [-0.15, -0.1) is 0 Å². The Labute approximate surface area is 200 Å². The average Bonchev–Trinajstić information content (AvgIpc) is 2.81. The highest BCUT2D eigenvalue weighted by Crippen LogP contribution is 2.22. The smallest absolute Gasteiger partial charge is 0.243 e. The van der Waals surface area contributed by atoms with Gasteiger partial charge >= 0.3 is 0 Å². The van der Waals surface area contributed by atoms with Crippen molar-refractivity contribution in [2.45, 2.75) is 13.0 Å². The van der Waals surface area contributed by atoms with Crippen molar-refractivity contribution in [2.75, 3.05) is 64.4 Å². The molecular weight excluding hydrogens is 440 g/mol. The number of amides is 2. The van der Waals surface area contributed by atoms with Crippen molar-refractivity contribution in [3.05, 3.63) is 59.1 Å². The van der Waals surface area contributed by atoms with E-state index in [1.165, 1.54) is 4.90 Å². The van der Waals surface area contributed by atoms with E-state index in [2.05, 4.69) is 15.9 Å². The normalized spacial score (nSPS) is 18.1. The summed E-state index contributed by atoms with van der Waals surface area (Å²) in [5, 5.41) is 0.757. The fourth-order valence-electron chi connectivity index (χ4n) is 4.54. The Hall–Kier alpha value is -2.61. The molecule has 0 aromatic heterocycles. The first-order valence-corrected chi connectivity index (χ1v) is 11.8. The lowest BCUT2D eigenvalue weighted by molar-refractivity contribution is -0.151. The van der Waals surface area contributed by atoms with Crippen molar-refractivity contribution in [3.63, 3.8) is 0 Å². The largest absolute Gasteiger partial charge is 0.496 e. The van der Waals surface area contributed by atoms with E-state index < -0.39 is 0 Å². The molecule has 2 amide bonds. The van der Waals surface area contributed by atoms with Crippen LogP contribution in [0.3, 0.4) is 0 Å². The second-order valence-corrected chi connectivity index (χ2v) is 8.99. The summed E-state index contributed by atoms with van der Waals surface area (Å²) in [4.78, 5) is 33.4. The van der Waals surface area contributed by atoms with Crippen molar-refractivity contribution in [1.82, 2.24) is 14.7 Å². The highest BCUT2D eigenvalue weighted by atomic mass is 35.5. The SMILES string of the molecule is COc1ccccc1CN1CC(=O)N(CCCN2CCN(c3cccc(Cl)c3)CC2)C(=O)C1. The molecule has 2 fully saturated rings. The van der Waals surface area contributed by atoms with Gasteiger partial charge in [0.15, 0.2) is 0 Å². The number of rotatable bonds is 8. The van der Waals surface area contributed by atoms with E-state index in [-0.39, 0.29) is 24.9 Å². The lowest BCUT2D eigenvalue weighted by Crippen LogP contribution is -2.54. The number of hydrogen-bond donors (Lipinski definition) is 0. The highest BCUT2D eigenvalue weighted by molar-refractivity contribution is 6.30. The molecule has 8 heteroatoms.